The van der Waals surface area contributed by atoms with Crippen LogP contribution < -0.4 is 11.1 Å². The standard InChI is InChI=1S/C16H17BrN4/c1-3-13-15(18)16(21(2)20-13)19-14-9-8-12(17)10-6-4-5-7-11(10)14/h4-9,19H,3,18H2,1-2H3. The van der Waals surface area contributed by atoms with Crippen molar-refractivity contribution in [2.45, 2.75) is 13.3 Å². The van der Waals surface area contributed by atoms with Crippen LogP contribution in [-0.2, 0) is 13.5 Å². The molecule has 0 aliphatic carbocycles. The molecule has 5 heteroatoms. The molecular weight excluding hydrogens is 328 g/mol. The highest BCUT2D eigenvalue weighted by atomic mass is 79.9. The van der Waals surface area contributed by atoms with E-state index in [1.165, 1.54) is 5.39 Å². The minimum atomic E-state index is 0.715. The smallest absolute Gasteiger partial charge is 0.152 e. The highest BCUT2D eigenvalue weighted by molar-refractivity contribution is 9.10. The first-order chi connectivity index (χ1) is 10.1. The summed E-state index contributed by atoms with van der Waals surface area (Å²) in [5.74, 6) is 0.833. The largest absolute Gasteiger partial charge is 0.394 e. The van der Waals surface area contributed by atoms with Crippen LogP contribution in [0.5, 0.6) is 0 Å². The Morgan fingerprint density at radius 3 is 2.57 bits per heavy atom. The molecule has 3 N–H and O–H groups in total. The average Bonchev–Trinajstić information content (AvgIpc) is 2.77. The zero-order chi connectivity index (χ0) is 15.0. The molecule has 0 aliphatic heterocycles. The number of rotatable bonds is 3. The molecule has 0 radical (unpaired) electrons. The van der Waals surface area contributed by atoms with Crippen LogP contribution in [0, 0.1) is 0 Å². The number of nitrogens with zero attached hydrogens (tertiary/aromatic N) is 2. The van der Waals surface area contributed by atoms with E-state index < -0.39 is 0 Å². The summed E-state index contributed by atoms with van der Waals surface area (Å²) in [5.41, 5.74) is 8.83. The summed E-state index contributed by atoms with van der Waals surface area (Å²) >= 11 is 3.59. The number of hydrogen-bond donors (Lipinski definition) is 2. The quantitative estimate of drug-likeness (QED) is 0.747. The minimum Gasteiger partial charge on any atom is -0.394 e. The number of nitrogens with two attached hydrogens (primary N) is 1. The summed E-state index contributed by atoms with van der Waals surface area (Å²) in [6.45, 7) is 2.05. The van der Waals surface area contributed by atoms with Gasteiger partial charge in [0.2, 0.25) is 0 Å². The van der Waals surface area contributed by atoms with Crippen molar-refractivity contribution < 1.29 is 0 Å². The molecule has 1 aromatic heterocycles. The Hall–Kier alpha value is -2.01. The van der Waals surface area contributed by atoms with E-state index in [2.05, 4.69) is 45.4 Å². The first kappa shape index (κ1) is 13.9. The van der Waals surface area contributed by atoms with E-state index >= 15 is 0 Å². The zero-order valence-electron chi connectivity index (χ0n) is 12.0. The Morgan fingerprint density at radius 1 is 1.19 bits per heavy atom. The summed E-state index contributed by atoms with van der Waals surface area (Å²) in [6, 6.07) is 12.3. The highest BCUT2D eigenvalue weighted by Gasteiger charge is 2.13. The molecule has 0 bridgehead atoms. The molecule has 0 unspecified atom stereocenters. The highest BCUT2D eigenvalue weighted by Crippen LogP contribution is 2.33. The molecule has 0 spiro atoms. The number of anilines is 3. The Bertz CT molecular complexity index is 807. The Labute approximate surface area is 132 Å². The van der Waals surface area contributed by atoms with Crippen molar-refractivity contribution in [1.29, 1.82) is 0 Å². The van der Waals surface area contributed by atoms with Crippen LogP contribution in [0.2, 0.25) is 0 Å². The number of nitrogen functional groups attached to an aromatic ring is 1. The van der Waals surface area contributed by atoms with Crippen LogP contribution >= 0.6 is 15.9 Å². The number of hydrogen-bond acceptors (Lipinski definition) is 3. The van der Waals surface area contributed by atoms with Gasteiger partial charge in [0.15, 0.2) is 5.82 Å². The molecule has 4 nitrogen and oxygen atoms in total. The van der Waals surface area contributed by atoms with Gasteiger partial charge in [-0.2, -0.15) is 5.10 Å². The van der Waals surface area contributed by atoms with Crippen LogP contribution in [0.3, 0.4) is 0 Å². The van der Waals surface area contributed by atoms with Crippen molar-refractivity contribution in [2.75, 3.05) is 11.1 Å². The van der Waals surface area contributed by atoms with Crippen molar-refractivity contribution >= 4 is 43.9 Å². The molecule has 108 valence electrons. The van der Waals surface area contributed by atoms with E-state index in [0.717, 1.165) is 33.5 Å². The molecule has 3 rings (SSSR count). The van der Waals surface area contributed by atoms with Crippen molar-refractivity contribution in [2.24, 2.45) is 7.05 Å². The molecule has 3 aromatic rings. The fourth-order valence-corrected chi connectivity index (χ4v) is 2.98. The van der Waals surface area contributed by atoms with Crippen molar-refractivity contribution in [3.8, 4) is 0 Å². The minimum absolute atomic E-state index is 0.715. The summed E-state index contributed by atoms with van der Waals surface area (Å²) in [4.78, 5) is 0. The fraction of sp³-hybridized carbons (Fsp3) is 0.188. The van der Waals surface area contributed by atoms with Crippen molar-refractivity contribution in [1.82, 2.24) is 9.78 Å². The maximum atomic E-state index is 6.18. The third-order valence-electron chi connectivity index (χ3n) is 3.62. The fourth-order valence-electron chi connectivity index (χ4n) is 2.50. The lowest BCUT2D eigenvalue weighted by atomic mass is 10.1. The summed E-state index contributed by atoms with van der Waals surface area (Å²) in [6.07, 6.45) is 0.822. The van der Waals surface area contributed by atoms with Gasteiger partial charge in [-0.15, -0.1) is 0 Å². The van der Waals surface area contributed by atoms with Gasteiger partial charge in [0, 0.05) is 22.6 Å². The van der Waals surface area contributed by atoms with Gasteiger partial charge in [-0.3, -0.25) is 4.68 Å². The van der Waals surface area contributed by atoms with Gasteiger partial charge in [-0.25, -0.2) is 0 Å². The predicted molar refractivity (Wildman–Crippen MR) is 91.9 cm³/mol. The first-order valence-electron chi connectivity index (χ1n) is 6.87. The molecule has 0 saturated heterocycles. The van der Waals surface area contributed by atoms with Crippen LogP contribution in [0.4, 0.5) is 17.2 Å². The third kappa shape index (κ3) is 2.38. The number of fused-ring (bicyclic) bond motifs is 1. The topological polar surface area (TPSA) is 55.9 Å². The first-order valence-corrected chi connectivity index (χ1v) is 7.66. The Balaban J connectivity index is 2.11. The van der Waals surface area contributed by atoms with Crippen LogP contribution in [0.15, 0.2) is 40.9 Å². The summed E-state index contributed by atoms with van der Waals surface area (Å²) in [5, 5.41) is 10.2. The van der Waals surface area contributed by atoms with Crippen LogP contribution in [-0.4, -0.2) is 9.78 Å². The average molecular weight is 345 g/mol. The van der Waals surface area contributed by atoms with Crippen molar-refractivity contribution in [3.63, 3.8) is 0 Å². The molecule has 0 aliphatic rings. The van der Waals surface area contributed by atoms with E-state index in [4.69, 9.17) is 5.73 Å². The van der Waals surface area contributed by atoms with Crippen LogP contribution in [0.1, 0.15) is 12.6 Å². The van der Waals surface area contributed by atoms with E-state index in [9.17, 15) is 0 Å². The second-order valence-corrected chi connectivity index (χ2v) is 5.81. The summed E-state index contributed by atoms with van der Waals surface area (Å²) < 4.78 is 2.88. The maximum Gasteiger partial charge on any atom is 0.152 e. The third-order valence-corrected chi connectivity index (χ3v) is 4.31. The molecule has 0 fully saturated rings. The molecule has 1 heterocycles. The molecule has 0 atom stereocenters. The van der Waals surface area contributed by atoms with Gasteiger partial charge in [0.25, 0.3) is 0 Å². The summed E-state index contributed by atoms with van der Waals surface area (Å²) in [7, 11) is 1.90. The van der Waals surface area contributed by atoms with E-state index in [1.807, 2.05) is 31.3 Å². The number of aryl methyl sites for hydroxylation is 2. The lowest BCUT2D eigenvalue weighted by Gasteiger charge is -2.12. The molecule has 21 heavy (non-hydrogen) atoms. The molecule has 2 aromatic carbocycles. The maximum absolute atomic E-state index is 6.18. The number of aromatic nitrogens is 2. The normalized spacial score (nSPS) is 11.0. The molecule has 0 saturated carbocycles. The van der Waals surface area contributed by atoms with Crippen molar-refractivity contribution in [3.05, 3.63) is 46.6 Å². The number of nitrogens with one attached hydrogen (secondary N) is 1. The Kier molecular flexibility index (Phi) is 3.59. The number of benzene rings is 2. The van der Waals surface area contributed by atoms with E-state index in [0.29, 0.717) is 5.69 Å². The Morgan fingerprint density at radius 2 is 1.90 bits per heavy atom. The van der Waals surface area contributed by atoms with Gasteiger partial charge in [-0.1, -0.05) is 47.1 Å². The van der Waals surface area contributed by atoms with Gasteiger partial charge in [-0.05, 0) is 23.9 Å². The van der Waals surface area contributed by atoms with Gasteiger partial charge in [0.05, 0.1) is 11.4 Å². The second-order valence-electron chi connectivity index (χ2n) is 4.95. The molecule has 0 amide bonds. The predicted octanol–water partition coefficient (Wildman–Crippen LogP) is 4.22. The van der Waals surface area contributed by atoms with Gasteiger partial charge >= 0.3 is 0 Å². The zero-order valence-corrected chi connectivity index (χ0v) is 13.6. The van der Waals surface area contributed by atoms with Gasteiger partial charge in [0.1, 0.15) is 0 Å². The van der Waals surface area contributed by atoms with E-state index in [-0.39, 0.29) is 0 Å². The molecular formula is C16H17BrN4. The van der Waals surface area contributed by atoms with Crippen LogP contribution in [0.25, 0.3) is 10.8 Å². The SMILES string of the molecule is CCc1nn(C)c(Nc2ccc(Br)c3ccccc23)c1N. The van der Waals surface area contributed by atoms with E-state index in [1.54, 1.807) is 4.68 Å². The monoisotopic (exact) mass is 344 g/mol. The number of halogens is 1. The lowest BCUT2D eigenvalue weighted by Crippen LogP contribution is -2.01. The second kappa shape index (κ2) is 5.41. The lowest BCUT2D eigenvalue weighted by molar-refractivity contribution is 0.754. The van der Waals surface area contributed by atoms with Gasteiger partial charge < -0.3 is 11.1 Å².